The van der Waals surface area contributed by atoms with Crippen LogP contribution in [-0.2, 0) is 0 Å². The number of furan rings is 2. The van der Waals surface area contributed by atoms with Crippen molar-refractivity contribution < 1.29 is 8.83 Å². The number of benzene rings is 7. The molecule has 196 valence electrons. The summed E-state index contributed by atoms with van der Waals surface area (Å²) >= 11 is 0. The van der Waals surface area contributed by atoms with Gasteiger partial charge in [-0.05, 0) is 79.2 Å². The molecular formula is C40H24O2. The van der Waals surface area contributed by atoms with Crippen LogP contribution < -0.4 is 0 Å². The van der Waals surface area contributed by atoms with Gasteiger partial charge in [-0.2, -0.15) is 0 Å². The summed E-state index contributed by atoms with van der Waals surface area (Å²) in [6, 6.07) is 49.9. The van der Waals surface area contributed by atoms with Crippen LogP contribution in [0.5, 0.6) is 0 Å². The Bertz CT molecular complexity index is 2380. The Morgan fingerprint density at radius 2 is 0.881 bits per heavy atom. The number of hydrogen-bond acceptors (Lipinski definition) is 2. The molecule has 9 aromatic rings. The van der Waals surface area contributed by atoms with Crippen LogP contribution >= 0.6 is 0 Å². The van der Waals surface area contributed by atoms with Crippen molar-refractivity contribution in [2.24, 2.45) is 0 Å². The molecule has 0 bridgehead atoms. The minimum absolute atomic E-state index is 0.842. The molecule has 0 aliphatic carbocycles. The van der Waals surface area contributed by atoms with E-state index >= 15 is 0 Å². The van der Waals surface area contributed by atoms with Crippen molar-refractivity contribution in [1.82, 2.24) is 0 Å². The number of fused-ring (bicyclic) bond motifs is 6. The quantitative estimate of drug-likeness (QED) is 0.210. The summed E-state index contributed by atoms with van der Waals surface area (Å²) in [4.78, 5) is 0. The van der Waals surface area contributed by atoms with E-state index in [-0.39, 0.29) is 0 Å². The van der Waals surface area contributed by atoms with Gasteiger partial charge in [0.15, 0.2) is 0 Å². The van der Waals surface area contributed by atoms with Gasteiger partial charge in [0, 0.05) is 22.2 Å². The largest absolute Gasteiger partial charge is 0.464 e. The lowest BCUT2D eigenvalue weighted by Gasteiger charge is -2.18. The summed E-state index contributed by atoms with van der Waals surface area (Å²) in [6.45, 7) is 0. The predicted molar refractivity (Wildman–Crippen MR) is 175 cm³/mol. The van der Waals surface area contributed by atoms with E-state index in [1.165, 1.54) is 43.8 Å². The molecule has 9 rings (SSSR count). The zero-order valence-electron chi connectivity index (χ0n) is 22.7. The van der Waals surface area contributed by atoms with Crippen LogP contribution in [0.25, 0.3) is 87.8 Å². The second-order valence-corrected chi connectivity index (χ2v) is 10.9. The maximum absolute atomic E-state index is 6.27. The summed E-state index contributed by atoms with van der Waals surface area (Å²) in [6.07, 6.45) is 1.72. The molecule has 0 radical (unpaired) electrons. The molecule has 0 spiro atoms. The van der Waals surface area contributed by atoms with E-state index in [1.54, 1.807) is 6.26 Å². The normalized spacial score (nSPS) is 11.8. The van der Waals surface area contributed by atoms with Gasteiger partial charge in [-0.25, -0.2) is 0 Å². The first-order valence-electron chi connectivity index (χ1n) is 14.2. The highest BCUT2D eigenvalue weighted by Gasteiger charge is 2.17. The topological polar surface area (TPSA) is 26.3 Å². The summed E-state index contributed by atoms with van der Waals surface area (Å²) < 4.78 is 11.9. The zero-order valence-corrected chi connectivity index (χ0v) is 22.7. The second kappa shape index (κ2) is 8.95. The standard InChI is InChI=1S/C40H24O2/c1-2-8-26(9-3-1)39-31-10-4-6-12-33(31)40(34-13-7-5-11-32(34)39)27-16-14-25(15-17-27)28-18-19-30-35-22-29-20-21-41-36(29)24-38(35)42-37(30)23-28/h1-24H. The average Bonchev–Trinajstić information content (AvgIpc) is 3.66. The van der Waals surface area contributed by atoms with Crippen molar-refractivity contribution in [3.63, 3.8) is 0 Å². The van der Waals surface area contributed by atoms with Crippen molar-refractivity contribution in [1.29, 1.82) is 0 Å². The van der Waals surface area contributed by atoms with Crippen LogP contribution in [0, 0.1) is 0 Å². The van der Waals surface area contributed by atoms with Crippen LogP contribution in [0.3, 0.4) is 0 Å². The molecule has 7 aromatic carbocycles. The Morgan fingerprint density at radius 1 is 0.333 bits per heavy atom. The van der Waals surface area contributed by atoms with E-state index in [0.29, 0.717) is 0 Å². The van der Waals surface area contributed by atoms with E-state index in [1.807, 2.05) is 12.1 Å². The van der Waals surface area contributed by atoms with E-state index < -0.39 is 0 Å². The molecule has 42 heavy (non-hydrogen) atoms. The van der Waals surface area contributed by atoms with Crippen molar-refractivity contribution in [3.05, 3.63) is 146 Å². The molecule has 2 heteroatoms. The minimum atomic E-state index is 0.842. The third-order valence-corrected chi connectivity index (χ3v) is 8.55. The highest BCUT2D eigenvalue weighted by molar-refractivity contribution is 6.21. The lowest BCUT2D eigenvalue weighted by atomic mass is 9.86. The maximum Gasteiger partial charge on any atom is 0.139 e. The molecule has 0 saturated carbocycles. The number of hydrogen-bond donors (Lipinski definition) is 0. The van der Waals surface area contributed by atoms with Gasteiger partial charge in [0.05, 0.1) is 6.26 Å². The van der Waals surface area contributed by atoms with Crippen LogP contribution in [0.2, 0.25) is 0 Å². The van der Waals surface area contributed by atoms with Gasteiger partial charge in [-0.1, -0.05) is 109 Å². The summed E-state index contributed by atoms with van der Waals surface area (Å²) in [5.74, 6) is 0. The third-order valence-electron chi connectivity index (χ3n) is 8.55. The van der Waals surface area contributed by atoms with E-state index in [0.717, 1.165) is 44.0 Å². The molecular weight excluding hydrogens is 512 g/mol. The fourth-order valence-corrected chi connectivity index (χ4v) is 6.60. The summed E-state index contributed by atoms with van der Waals surface area (Å²) in [5, 5.41) is 8.37. The summed E-state index contributed by atoms with van der Waals surface area (Å²) in [7, 11) is 0. The molecule has 2 nitrogen and oxygen atoms in total. The third kappa shape index (κ3) is 3.45. The fraction of sp³-hybridized carbons (Fsp3) is 0. The molecule has 0 aliphatic heterocycles. The lowest BCUT2D eigenvalue weighted by molar-refractivity contribution is 0.613. The van der Waals surface area contributed by atoms with E-state index in [2.05, 4.69) is 127 Å². The highest BCUT2D eigenvalue weighted by atomic mass is 16.3. The predicted octanol–water partition coefficient (Wildman–Crippen LogP) is 11.6. The van der Waals surface area contributed by atoms with Gasteiger partial charge in [0.25, 0.3) is 0 Å². The van der Waals surface area contributed by atoms with Gasteiger partial charge in [0.1, 0.15) is 16.7 Å². The summed E-state index contributed by atoms with van der Waals surface area (Å²) in [5.41, 5.74) is 9.85. The first kappa shape index (κ1) is 23.1. The van der Waals surface area contributed by atoms with Gasteiger partial charge in [0.2, 0.25) is 0 Å². The fourth-order valence-electron chi connectivity index (χ4n) is 6.60. The molecule has 0 unspecified atom stereocenters. The van der Waals surface area contributed by atoms with Gasteiger partial charge >= 0.3 is 0 Å². The van der Waals surface area contributed by atoms with Gasteiger partial charge in [-0.3, -0.25) is 0 Å². The van der Waals surface area contributed by atoms with E-state index in [4.69, 9.17) is 8.83 Å². The molecule has 0 saturated heterocycles. The SMILES string of the molecule is c1ccc(-c2c3ccccc3c(-c3ccc(-c4ccc5c(c4)oc4cc6occc6cc45)cc3)c3ccccc23)cc1. The van der Waals surface area contributed by atoms with Gasteiger partial charge in [-0.15, -0.1) is 0 Å². The number of rotatable bonds is 3. The highest BCUT2D eigenvalue weighted by Crippen LogP contribution is 2.44. The first-order chi connectivity index (χ1) is 20.8. The van der Waals surface area contributed by atoms with Crippen LogP contribution in [-0.4, -0.2) is 0 Å². The lowest BCUT2D eigenvalue weighted by Crippen LogP contribution is -1.90. The Balaban J connectivity index is 1.19. The van der Waals surface area contributed by atoms with Crippen molar-refractivity contribution in [2.75, 3.05) is 0 Å². The average molecular weight is 537 g/mol. The van der Waals surface area contributed by atoms with Crippen LogP contribution in [0.15, 0.2) is 155 Å². The Labute approximate surface area is 242 Å². The molecule has 0 N–H and O–H groups in total. The smallest absolute Gasteiger partial charge is 0.139 e. The Kier molecular flexibility index (Phi) is 4.93. The first-order valence-corrected chi connectivity index (χ1v) is 14.2. The molecule has 0 fully saturated rings. The monoisotopic (exact) mass is 536 g/mol. The molecule has 2 heterocycles. The molecule has 2 aromatic heterocycles. The van der Waals surface area contributed by atoms with Crippen molar-refractivity contribution in [3.8, 4) is 33.4 Å². The molecule has 0 aliphatic rings. The molecule has 0 amide bonds. The van der Waals surface area contributed by atoms with Crippen molar-refractivity contribution in [2.45, 2.75) is 0 Å². The minimum Gasteiger partial charge on any atom is -0.464 e. The second-order valence-electron chi connectivity index (χ2n) is 10.9. The van der Waals surface area contributed by atoms with Crippen molar-refractivity contribution >= 4 is 54.5 Å². The van der Waals surface area contributed by atoms with E-state index in [9.17, 15) is 0 Å². The molecule has 0 atom stereocenters. The van der Waals surface area contributed by atoms with Crippen LogP contribution in [0.1, 0.15) is 0 Å². The zero-order chi connectivity index (χ0) is 27.6. The Hall–Kier alpha value is -5.60. The van der Waals surface area contributed by atoms with Gasteiger partial charge < -0.3 is 8.83 Å². The maximum atomic E-state index is 6.27. The Morgan fingerprint density at radius 3 is 1.55 bits per heavy atom. The van der Waals surface area contributed by atoms with Crippen LogP contribution in [0.4, 0.5) is 0 Å².